The number of aromatic nitrogens is 1. The molecule has 0 fully saturated rings. The zero-order valence-electron chi connectivity index (χ0n) is 14.1. The lowest BCUT2D eigenvalue weighted by atomic mass is 10.3. The first-order chi connectivity index (χ1) is 13.1. The van der Waals surface area contributed by atoms with Crippen molar-refractivity contribution in [2.24, 2.45) is 5.10 Å². The molecule has 0 spiro atoms. The first kappa shape index (κ1) is 18.8. The Bertz CT molecular complexity index is 986. The molecule has 138 valence electrons. The molecule has 0 saturated heterocycles. The zero-order valence-corrected chi connectivity index (χ0v) is 15.8. The molecule has 1 aromatic heterocycles. The maximum atomic E-state index is 12.2. The van der Waals surface area contributed by atoms with Gasteiger partial charge in [-0.1, -0.05) is 24.3 Å². The molecule has 0 aliphatic heterocycles. The van der Waals surface area contributed by atoms with E-state index in [1.165, 1.54) is 23.5 Å². The van der Waals surface area contributed by atoms with E-state index in [4.69, 9.17) is 4.74 Å². The molecule has 3 rings (SSSR count). The Morgan fingerprint density at radius 3 is 2.78 bits per heavy atom. The highest BCUT2D eigenvalue weighted by molar-refractivity contribution is 8.17. The Labute approximate surface area is 162 Å². The van der Waals surface area contributed by atoms with E-state index in [-0.39, 0.29) is 23.0 Å². The van der Waals surface area contributed by atoms with E-state index in [0.717, 1.165) is 22.0 Å². The van der Waals surface area contributed by atoms with Gasteiger partial charge in [0.2, 0.25) is 5.04 Å². The average Bonchev–Trinajstić information content (AvgIpc) is 3.08. The molecule has 8 nitrogen and oxygen atoms in total. The van der Waals surface area contributed by atoms with Crippen LogP contribution < -0.4 is 5.43 Å². The summed E-state index contributed by atoms with van der Waals surface area (Å²) in [6.07, 6.45) is 0. The molecule has 0 saturated carbocycles. The minimum atomic E-state index is -0.632. The Balaban J connectivity index is 1.88. The highest BCUT2D eigenvalue weighted by Crippen LogP contribution is 2.31. The number of carbonyl (C=O) groups excluding carboxylic acids is 1. The van der Waals surface area contributed by atoms with E-state index in [9.17, 15) is 14.9 Å². The van der Waals surface area contributed by atoms with Crippen LogP contribution in [0.2, 0.25) is 0 Å². The van der Waals surface area contributed by atoms with Gasteiger partial charge in [-0.25, -0.2) is 9.78 Å². The first-order valence-corrected chi connectivity index (χ1v) is 9.49. The number of hydrogen-bond acceptors (Lipinski definition) is 9. The lowest BCUT2D eigenvalue weighted by molar-refractivity contribution is -0.384. The average molecular weight is 402 g/mol. The minimum Gasteiger partial charge on any atom is -0.461 e. The number of rotatable bonds is 5. The summed E-state index contributed by atoms with van der Waals surface area (Å²) in [7, 11) is 0. The number of nitro benzene ring substituents is 1. The number of carbonyl (C=O) groups is 1. The summed E-state index contributed by atoms with van der Waals surface area (Å²) in [4.78, 5) is 27.3. The number of fused-ring (bicyclic) bond motifs is 1. The summed E-state index contributed by atoms with van der Waals surface area (Å²) in [5, 5.41) is 15.2. The number of hydrazone groups is 1. The van der Waals surface area contributed by atoms with E-state index < -0.39 is 10.9 Å². The van der Waals surface area contributed by atoms with Crippen molar-refractivity contribution >= 4 is 55.7 Å². The Kier molecular flexibility index (Phi) is 5.99. The summed E-state index contributed by atoms with van der Waals surface area (Å²) in [6, 6.07) is 13.6. The topological polar surface area (TPSA) is 107 Å². The third-order valence-corrected chi connectivity index (χ3v) is 5.34. The quantitative estimate of drug-likeness (QED) is 0.169. The van der Waals surface area contributed by atoms with E-state index >= 15 is 0 Å². The first-order valence-electron chi connectivity index (χ1n) is 7.86. The Hall–Kier alpha value is -2.98. The number of ether oxygens (including phenoxy) is 1. The van der Waals surface area contributed by atoms with Gasteiger partial charge in [-0.2, -0.15) is 5.10 Å². The summed E-state index contributed by atoms with van der Waals surface area (Å²) < 4.78 is 6.63. The molecule has 0 amide bonds. The number of nitrogens with one attached hydrogen (secondary N) is 1. The van der Waals surface area contributed by atoms with Crippen LogP contribution in [0.4, 0.5) is 11.4 Å². The molecule has 2 aromatic carbocycles. The van der Waals surface area contributed by atoms with Crippen molar-refractivity contribution in [2.45, 2.75) is 11.3 Å². The molecular weight excluding hydrogens is 388 g/mol. The highest BCUT2D eigenvalue weighted by Gasteiger charge is 2.19. The second-order valence-corrected chi connectivity index (χ2v) is 7.34. The maximum absolute atomic E-state index is 12.2. The van der Waals surface area contributed by atoms with Gasteiger partial charge in [0.1, 0.15) is 5.69 Å². The second-order valence-electron chi connectivity index (χ2n) is 5.07. The van der Waals surface area contributed by atoms with Crippen molar-refractivity contribution in [3.05, 3.63) is 58.6 Å². The normalized spacial score (nSPS) is 11.4. The maximum Gasteiger partial charge on any atom is 0.365 e. The van der Waals surface area contributed by atoms with E-state index in [2.05, 4.69) is 15.5 Å². The number of nitrogens with zero attached hydrogens (tertiary/aromatic N) is 3. The fraction of sp³-hybridized carbons (Fsp3) is 0.118. The smallest absolute Gasteiger partial charge is 0.365 e. The number of thiazole rings is 1. The van der Waals surface area contributed by atoms with Crippen molar-refractivity contribution in [1.29, 1.82) is 0 Å². The number of anilines is 1. The van der Waals surface area contributed by atoms with Crippen molar-refractivity contribution in [1.82, 2.24) is 4.98 Å². The number of nitro groups is 1. The molecule has 0 radical (unpaired) electrons. The third-order valence-electron chi connectivity index (χ3n) is 3.29. The molecule has 0 aliphatic rings. The number of benzene rings is 2. The molecule has 0 aliphatic carbocycles. The summed E-state index contributed by atoms with van der Waals surface area (Å²) in [5.74, 6) is -0.632. The van der Waals surface area contributed by atoms with Crippen LogP contribution in [0.5, 0.6) is 0 Å². The molecular formula is C17H14N4O4S2. The fourth-order valence-corrected chi connectivity index (χ4v) is 4.03. The van der Waals surface area contributed by atoms with Crippen LogP contribution in [0.1, 0.15) is 6.92 Å². The largest absolute Gasteiger partial charge is 0.461 e. The van der Waals surface area contributed by atoms with Gasteiger partial charge in [-0.15, -0.1) is 11.3 Å². The zero-order chi connectivity index (χ0) is 19.2. The van der Waals surface area contributed by atoms with Crippen molar-refractivity contribution in [3.63, 3.8) is 0 Å². The number of hydrogen-bond donors (Lipinski definition) is 1. The van der Waals surface area contributed by atoms with Gasteiger partial charge < -0.3 is 4.74 Å². The SMILES string of the molecule is CCOC(=O)C(=NNc1ccccc1[N+](=O)[O-])Sc1nc2ccccc2s1. The van der Waals surface area contributed by atoms with Gasteiger partial charge >= 0.3 is 5.97 Å². The van der Waals surface area contributed by atoms with Gasteiger partial charge in [0.05, 0.1) is 21.7 Å². The predicted molar refractivity (Wildman–Crippen MR) is 106 cm³/mol. The van der Waals surface area contributed by atoms with Crippen molar-refractivity contribution in [2.75, 3.05) is 12.0 Å². The molecule has 1 N–H and O–H groups in total. The summed E-state index contributed by atoms with van der Waals surface area (Å²) in [5.41, 5.74) is 3.44. The molecule has 1 heterocycles. The van der Waals surface area contributed by atoms with Crippen LogP contribution in [-0.4, -0.2) is 27.5 Å². The minimum absolute atomic E-state index is 0.00839. The van der Waals surface area contributed by atoms with Gasteiger partial charge in [0, 0.05) is 6.07 Å². The Morgan fingerprint density at radius 1 is 1.30 bits per heavy atom. The van der Waals surface area contributed by atoms with Crippen LogP contribution in [0.3, 0.4) is 0 Å². The van der Waals surface area contributed by atoms with Gasteiger partial charge in [0.15, 0.2) is 4.34 Å². The summed E-state index contributed by atoms with van der Waals surface area (Å²) in [6.45, 7) is 1.87. The van der Waals surface area contributed by atoms with Crippen molar-refractivity contribution in [3.8, 4) is 0 Å². The molecule has 0 bridgehead atoms. The highest BCUT2D eigenvalue weighted by atomic mass is 32.2. The second kappa shape index (κ2) is 8.60. The molecule has 0 unspecified atom stereocenters. The molecule has 10 heteroatoms. The van der Waals surface area contributed by atoms with Gasteiger partial charge in [0.25, 0.3) is 5.69 Å². The summed E-state index contributed by atoms with van der Waals surface area (Å²) >= 11 is 2.46. The number of esters is 1. The van der Waals surface area contributed by atoms with Crippen molar-refractivity contribution < 1.29 is 14.5 Å². The lowest BCUT2D eigenvalue weighted by Gasteiger charge is -2.06. The molecule has 3 aromatic rings. The van der Waals surface area contributed by atoms with Crippen LogP contribution in [0, 0.1) is 10.1 Å². The van der Waals surface area contributed by atoms with E-state index in [1.807, 2.05) is 24.3 Å². The molecule has 0 atom stereocenters. The third kappa shape index (κ3) is 4.60. The van der Waals surface area contributed by atoms with Crippen LogP contribution >= 0.6 is 23.1 Å². The molecule has 27 heavy (non-hydrogen) atoms. The predicted octanol–water partition coefficient (Wildman–Crippen LogP) is 4.29. The van der Waals surface area contributed by atoms with E-state index in [0.29, 0.717) is 4.34 Å². The van der Waals surface area contributed by atoms with E-state index in [1.54, 1.807) is 19.1 Å². The standard InChI is InChI=1S/C17H14N4O4S2/c1-2-25-16(22)15(20-19-11-7-3-5-9-13(11)21(23)24)27-17-18-12-8-4-6-10-14(12)26-17/h3-10,19H,2H2,1H3. The fourth-order valence-electron chi connectivity index (χ4n) is 2.12. The Morgan fingerprint density at radius 2 is 2.04 bits per heavy atom. The van der Waals surface area contributed by atoms with Gasteiger partial charge in [-0.05, 0) is 36.9 Å². The van der Waals surface area contributed by atoms with Gasteiger partial charge in [-0.3, -0.25) is 15.5 Å². The van der Waals surface area contributed by atoms with Crippen LogP contribution in [-0.2, 0) is 9.53 Å². The van der Waals surface area contributed by atoms with Crippen LogP contribution in [0.25, 0.3) is 10.2 Å². The number of thioether (sulfide) groups is 1. The monoisotopic (exact) mass is 402 g/mol. The number of para-hydroxylation sites is 3. The lowest BCUT2D eigenvalue weighted by Crippen LogP contribution is -2.16. The van der Waals surface area contributed by atoms with Crippen LogP contribution in [0.15, 0.2) is 58.0 Å².